The maximum absolute atomic E-state index is 13.2. The molecule has 1 saturated heterocycles. The van der Waals surface area contributed by atoms with Crippen LogP contribution in [0.2, 0.25) is 10.0 Å². The standard InChI is InChI=1S/C29H26Cl2N2O6/c1-3-11-38-25-10-7-19(14-26(25)37-2)16-33-28(35)23(27(34)32-29(33)36)13-18-5-4-6-22(12-18)39-17-20-8-9-21(30)15-24(20)31/h4-10,12-15H,3,11,16-17H2,1-2H3,(H,32,34,36)/b23-13-. The fourth-order valence-corrected chi connectivity index (χ4v) is 4.29. The third-order valence-electron chi connectivity index (χ3n) is 5.79. The van der Waals surface area contributed by atoms with Crippen LogP contribution in [0.5, 0.6) is 17.2 Å². The average molecular weight is 569 g/mol. The number of urea groups is 1. The molecule has 0 aliphatic carbocycles. The Morgan fingerprint density at radius 2 is 1.77 bits per heavy atom. The van der Waals surface area contributed by atoms with Crippen molar-refractivity contribution in [2.75, 3.05) is 13.7 Å². The molecule has 0 spiro atoms. The zero-order chi connectivity index (χ0) is 27.9. The summed E-state index contributed by atoms with van der Waals surface area (Å²) in [6, 6.07) is 16.3. The van der Waals surface area contributed by atoms with E-state index < -0.39 is 17.8 Å². The van der Waals surface area contributed by atoms with Gasteiger partial charge in [0.25, 0.3) is 11.8 Å². The summed E-state index contributed by atoms with van der Waals surface area (Å²) in [6.07, 6.45) is 2.25. The van der Waals surface area contributed by atoms with Gasteiger partial charge in [0, 0.05) is 15.6 Å². The molecule has 1 fully saturated rings. The molecule has 1 N–H and O–H groups in total. The zero-order valence-electron chi connectivity index (χ0n) is 21.3. The monoisotopic (exact) mass is 568 g/mol. The van der Waals surface area contributed by atoms with Crippen LogP contribution >= 0.6 is 23.2 Å². The molecule has 202 valence electrons. The molecule has 3 aromatic carbocycles. The third-order valence-corrected chi connectivity index (χ3v) is 6.38. The van der Waals surface area contributed by atoms with Crippen molar-refractivity contribution < 1.29 is 28.6 Å². The predicted molar refractivity (Wildman–Crippen MR) is 148 cm³/mol. The first-order chi connectivity index (χ1) is 18.8. The number of carbonyl (C=O) groups is 3. The summed E-state index contributed by atoms with van der Waals surface area (Å²) in [5, 5.41) is 3.24. The van der Waals surface area contributed by atoms with Crippen LogP contribution in [-0.4, -0.2) is 36.5 Å². The zero-order valence-corrected chi connectivity index (χ0v) is 22.8. The smallest absolute Gasteiger partial charge is 0.331 e. The minimum absolute atomic E-state index is 0.0648. The number of amides is 4. The highest BCUT2D eigenvalue weighted by Gasteiger charge is 2.35. The quantitative estimate of drug-likeness (QED) is 0.237. The number of carbonyl (C=O) groups excluding carboxylic acids is 3. The molecule has 0 radical (unpaired) electrons. The van der Waals surface area contributed by atoms with E-state index in [1.807, 2.05) is 6.92 Å². The molecule has 10 heteroatoms. The van der Waals surface area contributed by atoms with Gasteiger partial charge in [0.15, 0.2) is 11.5 Å². The Hall–Kier alpha value is -4.01. The van der Waals surface area contributed by atoms with Crippen LogP contribution in [0.15, 0.2) is 66.2 Å². The molecule has 4 amide bonds. The molecule has 8 nitrogen and oxygen atoms in total. The minimum Gasteiger partial charge on any atom is -0.493 e. The second kappa shape index (κ2) is 12.7. The van der Waals surface area contributed by atoms with E-state index in [1.165, 1.54) is 13.2 Å². The van der Waals surface area contributed by atoms with E-state index in [1.54, 1.807) is 60.7 Å². The molecule has 1 aliphatic heterocycles. The lowest BCUT2D eigenvalue weighted by Gasteiger charge is -2.26. The van der Waals surface area contributed by atoms with Crippen LogP contribution in [0.1, 0.15) is 30.0 Å². The molecule has 0 saturated carbocycles. The van der Waals surface area contributed by atoms with E-state index in [0.29, 0.717) is 45.0 Å². The number of nitrogens with one attached hydrogen (secondary N) is 1. The van der Waals surface area contributed by atoms with E-state index in [0.717, 1.165) is 16.9 Å². The Balaban J connectivity index is 1.51. The molecule has 0 aromatic heterocycles. The van der Waals surface area contributed by atoms with Crippen LogP contribution < -0.4 is 19.5 Å². The van der Waals surface area contributed by atoms with Crippen LogP contribution in [0, 0.1) is 0 Å². The molecule has 4 rings (SSSR count). The van der Waals surface area contributed by atoms with E-state index in [-0.39, 0.29) is 18.7 Å². The number of halogens is 2. The summed E-state index contributed by atoms with van der Waals surface area (Å²) in [5.41, 5.74) is 1.75. The van der Waals surface area contributed by atoms with Gasteiger partial charge < -0.3 is 14.2 Å². The minimum atomic E-state index is -0.802. The largest absolute Gasteiger partial charge is 0.493 e. The molecular formula is C29H26Cl2N2O6. The van der Waals surface area contributed by atoms with E-state index in [4.69, 9.17) is 37.4 Å². The molecule has 1 heterocycles. The number of hydrogen-bond donors (Lipinski definition) is 1. The average Bonchev–Trinajstić information content (AvgIpc) is 2.92. The molecular weight excluding hydrogens is 543 g/mol. The van der Waals surface area contributed by atoms with Gasteiger partial charge in [-0.3, -0.25) is 19.8 Å². The van der Waals surface area contributed by atoms with Gasteiger partial charge in [-0.05, 0) is 60.0 Å². The normalized spacial score (nSPS) is 14.4. The van der Waals surface area contributed by atoms with Crippen LogP contribution in [0.25, 0.3) is 6.08 Å². The fraction of sp³-hybridized carbons (Fsp3) is 0.207. The predicted octanol–water partition coefficient (Wildman–Crippen LogP) is 6.03. The second-order valence-electron chi connectivity index (χ2n) is 8.64. The van der Waals surface area contributed by atoms with Gasteiger partial charge >= 0.3 is 6.03 Å². The van der Waals surface area contributed by atoms with Crippen molar-refractivity contribution in [3.05, 3.63) is 93.0 Å². The number of ether oxygens (including phenoxy) is 3. The van der Waals surface area contributed by atoms with Gasteiger partial charge in [0.1, 0.15) is 17.9 Å². The highest BCUT2D eigenvalue weighted by molar-refractivity contribution is 6.35. The topological polar surface area (TPSA) is 94.2 Å². The molecule has 1 aliphatic rings. The number of methoxy groups -OCH3 is 1. The summed E-state index contributed by atoms with van der Waals surface area (Å²) in [7, 11) is 1.51. The number of barbiturate groups is 1. The Morgan fingerprint density at radius 1 is 0.949 bits per heavy atom. The first kappa shape index (κ1) is 28.0. The molecule has 3 aromatic rings. The van der Waals surface area contributed by atoms with Gasteiger partial charge in [-0.15, -0.1) is 0 Å². The third kappa shape index (κ3) is 6.90. The van der Waals surface area contributed by atoms with E-state index >= 15 is 0 Å². The van der Waals surface area contributed by atoms with Crippen molar-refractivity contribution in [2.45, 2.75) is 26.5 Å². The molecule has 0 bridgehead atoms. The molecule has 39 heavy (non-hydrogen) atoms. The van der Waals surface area contributed by atoms with Gasteiger partial charge in [-0.2, -0.15) is 0 Å². The maximum Gasteiger partial charge on any atom is 0.331 e. The van der Waals surface area contributed by atoms with Gasteiger partial charge in [-0.25, -0.2) is 4.79 Å². The Bertz CT molecular complexity index is 1440. The van der Waals surface area contributed by atoms with E-state index in [9.17, 15) is 14.4 Å². The van der Waals surface area contributed by atoms with Crippen LogP contribution in [0.3, 0.4) is 0 Å². The fourth-order valence-electron chi connectivity index (χ4n) is 3.82. The molecule has 0 atom stereocenters. The second-order valence-corrected chi connectivity index (χ2v) is 9.48. The van der Waals surface area contributed by atoms with Crippen molar-refractivity contribution in [3.8, 4) is 17.2 Å². The van der Waals surface area contributed by atoms with Crippen molar-refractivity contribution in [1.29, 1.82) is 0 Å². The lowest BCUT2D eigenvalue weighted by atomic mass is 10.1. The van der Waals surface area contributed by atoms with Crippen molar-refractivity contribution in [3.63, 3.8) is 0 Å². The lowest BCUT2D eigenvalue weighted by molar-refractivity contribution is -0.130. The number of imide groups is 2. The highest BCUT2D eigenvalue weighted by Crippen LogP contribution is 2.29. The highest BCUT2D eigenvalue weighted by atomic mass is 35.5. The Kier molecular flexibility index (Phi) is 9.11. The van der Waals surface area contributed by atoms with E-state index in [2.05, 4.69) is 5.32 Å². The first-order valence-electron chi connectivity index (χ1n) is 12.1. The SMILES string of the molecule is CCCOc1ccc(CN2C(=O)NC(=O)/C(=C/c3cccc(OCc4ccc(Cl)cc4Cl)c3)C2=O)cc1OC. The van der Waals surface area contributed by atoms with Crippen LogP contribution in [0.4, 0.5) is 4.79 Å². The van der Waals surface area contributed by atoms with Crippen LogP contribution in [-0.2, 0) is 22.7 Å². The number of hydrogen-bond acceptors (Lipinski definition) is 6. The van der Waals surface area contributed by atoms with Crippen molar-refractivity contribution >= 4 is 47.1 Å². The Morgan fingerprint density at radius 3 is 2.51 bits per heavy atom. The van der Waals surface area contributed by atoms with Gasteiger partial charge in [0.2, 0.25) is 0 Å². The van der Waals surface area contributed by atoms with Crippen molar-refractivity contribution in [2.24, 2.45) is 0 Å². The summed E-state index contributed by atoms with van der Waals surface area (Å²) >= 11 is 12.2. The number of nitrogens with zero attached hydrogens (tertiary/aromatic N) is 1. The summed E-state index contributed by atoms with van der Waals surface area (Å²) in [5.74, 6) is 0.0576. The summed E-state index contributed by atoms with van der Waals surface area (Å²) in [4.78, 5) is 39.3. The molecule has 0 unspecified atom stereocenters. The summed E-state index contributed by atoms with van der Waals surface area (Å²) in [6.45, 7) is 2.66. The van der Waals surface area contributed by atoms with Gasteiger partial charge in [0.05, 0.1) is 20.3 Å². The Labute approximate surface area is 236 Å². The lowest BCUT2D eigenvalue weighted by Crippen LogP contribution is -2.53. The van der Waals surface area contributed by atoms with Gasteiger partial charge in [-0.1, -0.05) is 54.4 Å². The summed E-state index contributed by atoms with van der Waals surface area (Å²) < 4.78 is 16.9. The first-order valence-corrected chi connectivity index (χ1v) is 12.9. The number of rotatable bonds is 10. The number of benzene rings is 3. The van der Waals surface area contributed by atoms with Crippen molar-refractivity contribution in [1.82, 2.24) is 10.2 Å². The maximum atomic E-state index is 13.2.